The van der Waals surface area contributed by atoms with Crippen LogP contribution in [0.1, 0.15) is 25.8 Å². The minimum atomic E-state index is 0.376. The summed E-state index contributed by atoms with van der Waals surface area (Å²) in [6.45, 7) is 5.75. The van der Waals surface area contributed by atoms with Gasteiger partial charge in [0.1, 0.15) is 6.07 Å². The van der Waals surface area contributed by atoms with Crippen molar-refractivity contribution in [3.63, 3.8) is 0 Å². The normalized spacial score (nSPS) is 11.9. The van der Waals surface area contributed by atoms with Crippen molar-refractivity contribution < 1.29 is 4.74 Å². The molecular formula is C14H19BrN2O. The number of benzene rings is 1. The highest BCUT2D eigenvalue weighted by Crippen LogP contribution is 2.28. The van der Waals surface area contributed by atoms with Crippen molar-refractivity contribution >= 4 is 21.6 Å². The Morgan fingerprint density at radius 2 is 2.22 bits per heavy atom. The molecule has 0 aromatic heterocycles. The number of halogens is 1. The molecule has 18 heavy (non-hydrogen) atoms. The molecule has 0 heterocycles. The van der Waals surface area contributed by atoms with Gasteiger partial charge in [-0.05, 0) is 41.4 Å². The Hall–Kier alpha value is -1.05. The van der Waals surface area contributed by atoms with E-state index in [1.165, 1.54) is 0 Å². The van der Waals surface area contributed by atoms with Crippen LogP contribution in [0.5, 0.6) is 0 Å². The van der Waals surface area contributed by atoms with Gasteiger partial charge in [0, 0.05) is 24.2 Å². The molecule has 0 amide bonds. The SMILES string of the molecule is CCC(C)N(CCOC)c1cccc(Br)c1C#N. The van der Waals surface area contributed by atoms with E-state index in [9.17, 15) is 5.26 Å². The Balaban J connectivity index is 3.12. The van der Waals surface area contributed by atoms with Gasteiger partial charge in [0.2, 0.25) is 0 Å². The Bertz CT molecular complexity index is 428. The zero-order valence-corrected chi connectivity index (χ0v) is 12.7. The minimum Gasteiger partial charge on any atom is -0.383 e. The summed E-state index contributed by atoms with van der Waals surface area (Å²) in [6.07, 6.45) is 1.03. The van der Waals surface area contributed by atoms with Crippen molar-refractivity contribution in [3.8, 4) is 6.07 Å². The molecule has 0 aliphatic rings. The van der Waals surface area contributed by atoms with Crippen LogP contribution in [0, 0.1) is 11.3 Å². The molecule has 1 atom stereocenters. The molecule has 0 aliphatic carbocycles. The van der Waals surface area contributed by atoms with Crippen molar-refractivity contribution in [2.24, 2.45) is 0 Å². The average Bonchev–Trinajstić information content (AvgIpc) is 2.39. The second-order valence-electron chi connectivity index (χ2n) is 4.19. The summed E-state index contributed by atoms with van der Waals surface area (Å²) in [7, 11) is 1.70. The Morgan fingerprint density at radius 1 is 1.50 bits per heavy atom. The van der Waals surface area contributed by atoms with Gasteiger partial charge in [0.05, 0.1) is 17.9 Å². The van der Waals surface area contributed by atoms with Crippen LogP contribution in [-0.2, 0) is 4.74 Å². The van der Waals surface area contributed by atoms with Crippen molar-refractivity contribution in [2.45, 2.75) is 26.3 Å². The smallest absolute Gasteiger partial charge is 0.103 e. The van der Waals surface area contributed by atoms with Gasteiger partial charge in [-0.3, -0.25) is 0 Å². The zero-order chi connectivity index (χ0) is 13.5. The average molecular weight is 311 g/mol. The molecule has 0 fully saturated rings. The molecule has 0 N–H and O–H groups in total. The van der Waals surface area contributed by atoms with Gasteiger partial charge in [-0.1, -0.05) is 13.0 Å². The molecule has 0 spiro atoms. The largest absolute Gasteiger partial charge is 0.383 e. The number of hydrogen-bond acceptors (Lipinski definition) is 3. The molecule has 0 aliphatic heterocycles. The monoisotopic (exact) mass is 310 g/mol. The summed E-state index contributed by atoms with van der Waals surface area (Å²) in [5, 5.41) is 9.29. The van der Waals surface area contributed by atoms with E-state index in [0.29, 0.717) is 18.2 Å². The standard InChI is InChI=1S/C14H19BrN2O/c1-4-11(2)17(8-9-18-3)14-7-5-6-13(15)12(14)10-16/h5-7,11H,4,8-9H2,1-3H3. The van der Waals surface area contributed by atoms with E-state index in [4.69, 9.17) is 4.74 Å². The molecule has 1 aromatic rings. The van der Waals surface area contributed by atoms with Crippen LogP contribution in [0.15, 0.2) is 22.7 Å². The van der Waals surface area contributed by atoms with Crippen LogP contribution >= 0.6 is 15.9 Å². The fraction of sp³-hybridized carbons (Fsp3) is 0.500. The first-order valence-corrected chi connectivity index (χ1v) is 6.89. The van der Waals surface area contributed by atoms with Crippen molar-refractivity contribution in [2.75, 3.05) is 25.2 Å². The van der Waals surface area contributed by atoms with Gasteiger partial charge >= 0.3 is 0 Å². The van der Waals surface area contributed by atoms with Crippen LogP contribution in [0.2, 0.25) is 0 Å². The molecule has 1 aromatic carbocycles. The van der Waals surface area contributed by atoms with Crippen LogP contribution in [0.25, 0.3) is 0 Å². The Labute approximate surface area is 117 Å². The third-order valence-electron chi connectivity index (χ3n) is 3.07. The van der Waals surface area contributed by atoms with Gasteiger partial charge in [-0.25, -0.2) is 0 Å². The molecule has 1 rings (SSSR count). The third kappa shape index (κ3) is 3.47. The summed E-state index contributed by atoms with van der Waals surface area (Å²) in [5.41, 5.74) is 1.66. The van der Waals surface area contributed by atoms with E-state index in [1.807, 2.05) is 18.2 Å². The highest BCUT2D eigenvalue weighted by molar-refractivity contribution is 9.10. The van der Waals surface area contributed by atoms with Crippen LogP contribution in [0.4, 0.5) is 5.69 Å². The highest BCUT2D eigenvalue weighted by Gasteiger charge is 2.17. The number of methoxy groups -OCH3 is 1. The summed E-state index contributed by atoms with van der Waals surface area (Å²) in [6, 6.07) is 8.49. The van der Waals surface area contributed by atoms with Gasteiger partial charge < -0.3 is 9.64 Å². The van der Waals surface area contributed by atoms with Crippen LogP contribution in [0.3, 0.4) is 0 Å². The molecule has 0 bridgehead atoms. The van der Waals surface area contributed by atoms with E-state index in [0.717, 1.165) is 23.1 Å². The topological polar surface area (TPSA) is 36.3 Å². The lowest BCUT2D eigenvalue weighted by molar-refractivity contribution is 0.203. The molecule has 3 nitrogen and oxygen atoms in total. The maximum Gasteiger partial charge on any atom is 0.103 e. The number of hydrogen-bond donors (Lipinski definition) is 0. The fourth-order valence-electron chi connectivity index (χ4n) is 1.85. The van der Waals surface area contributed by atoms with Gasteiger partial charge in [-0.2, -0.15) is 5.26 Å². The van der Waals surface area contributed by atoms with Crippen molar-refractivity contribution in [1.82, 2.24) is 0 Å². The first kappa shape index (κ1) is 15.0. The number of nitriles is 1. The molecular weight excluding hydrogens is 292 g/mol. The maximum absolute atomic E-state index is 9.29. The van der Waals surface area contributed by atoms with Crippen LogP contribution < -0.4 is 4.90 Å². The van der Waals surface area contributed by atoms with Crippen molar-refractivity contribution in [3.05, 3.63) is 28.2 Å². The van der Waals surface area contributed by atoms with E-state index in [1.54, 1.807) is 7.11 Å². The molecule has 4 heteroatoms. The predicted molar refractivity (Wildman–Crippen MR) is 77.8 cm³/mol. The third-order valence-corrected chi connectivity index (χ3v) is 3.73. The number of nitrogens with zero attached hydrogens (tertiary/aromatic N) is 2. The van der Waals surface area contributed by atoms with Gasteiger partial charge in [-0.15, -0.1) is 0 Å². The van der Waals surface area contributed by atoms with E-state index < -0.39 is 0 Å². The molecule has 0 radical (unpaired) electrons. The maximum atomic E-state index is 9.29. The van der Waals surface area contributed by atoms with E-state index >= 15 is 0 Å². The second-order valence-corrected chi connectivity index (χ2v) is 5.04. The molecule has 0 saturated heterocycles. The summed E-state index contributed by atoms with van der Waals surface area (Å²) in [4.78, 5) is 2.23. The highest BCUT2D eigenvalue weighted by atomic mass is 79.9. The second kappa shape index (κ2) is 7.40. The first-order valence-electron chi connectivity index (χ1n) is 6.09. The number of anilines is 1. The van der Waals surface area contributed by atoms with Crippen LogP contribution in [-0.4, -0.2) is 26.3 Å². The summed E-state index contributed by atoms with van der Waals surface area (Å²) in [5.74, 6) is 0. The lowest BCUT2D eigenvalue weighted by Gasteiger charge is -2.31. The quantitative estimate of drug-likeness (QED) is 0.806. The minimum absolute atomic E-state index is 0.376. The number of rotatable bonds is 6. The van der Waals surface area contributed by atoms with E-state index in [2.05, 4.69) is 40.7 Å². The summed E-state index contributed by atoms with van der Waals surface area (Å²) < 4.78 is 6.00. The van der Waals surface area contributed by atoms with Gasteiger partial charge in [0.25, 0.3) is 0 Å². The van der Waals surface area contributed by atoms with Crippen molar-refractivity contribution in [1.29, 1.82) is 5.26 Å². The van der Waals surface area contributed by atoms with Gasteiger partial charge in [0.15, 0.2) is 0 Å². The molecule has 0 saturated carbocycles. The Kier molecular flexibility index (Phi) is 6.17. The Morgan fingerprint density at radius 3 is 2.78 bits per heavy atom. The first-order chi connectivity index (χ1) is 8.65. The number of ether oxygens (including phenoxy) is 1. The molecule has 1 unspecified atom stereocenters. The van der Waals surface area contributed by atoms with E-state index in [-0.39, 0.29) is 0 Å². The molecule has 98 valence electrons. The summed E-state index contributed by atoms with van der Waals surface area (Å²) >= 11 is 3.43. The fourth-order valence-corrected chi connectivity index (χ4v) is 2.30. The predicted octanol–water partition coefficient (Wildman–Crippen LogP) is 3.57. The lowest BCUT2D eigenvalue weighted by atomic mass is 10.1. The lowest BCUT2D eigenvalue weighted by Crippen LogP contribution is -2.36. The zero-order valence-electron chi connectivity index (χ0n) is 11.1.